The fourth-order valence-electron chi connectivity index (χ4n) is 3.31. The van der Waals surface area contributed by atoms with E-state index in [0.717, 1.165) is 27.2 Å². The summed E-state index contributed by atoms with van der Waals surface area (Å²) < 4.78 is 5.30. The van der Waals surface area contributed by atoms with Crippen molar-refractivity contribution in [3.05, 3.63) is 76.2 Å². The van der Waals surface area contributed by atoms with E-state index in [2.05, 4.69) is 16.0 Å². The summed E-state index contributed by atoms with van der Waals surface area (Å²) in [5, 5.41) is 3.51. The Kier molecular flexibility index (Phi) is 2.96. The van der Waals surface area contributed by atoms with Crippen molar-refractivity contribution in [3.8, 4) is 11.3 Å². The first-order valence-electron chi connectivity index (χ1n) is 7.80. The molecule has 0 saturated carbocycles. The molecule has 3 heterocycles. The van der Waals surface area contributed by atoms with Crippen LogP contribution in [-0.2, 0) is 0 Å². The van der Waals surface area contributed by atoms with Crippen LogP contribution in [0.2, 0.25) is 5.02 Å². The van der Waals surface area contributed by atoms with Gasteiger partial charge in [0, 0.05) is 44.5 Å². The average Bonchev–Trinajstić information content (AvgIpc) is 3.00. The zero-order chi connectivity index (χ0) is 17.0. The maximum absolute atomic E-state index is 12.0. The van der Waals surface area contributed by atoms with E-state index in [1.165, 1.54) is 6.07 Å². The van der Waals surface area contributed by atoms with Gasteiger partial charge in [-0.25, -0.2) is 4.79 Å². The molecule has 120 valence electrons. The number of benzene rings is 2. The average molecular weight is 347 g/mol. The minimum Gasteiger partial charge on any atom is -0.423 e. The van der Waals surface area contributed by atoms with Crippen molar-refractivity contribution in [3.63, 3.8) is 0 Å². The molecule has 0 atom stereocenters. The second-order valence-corrected chi connectivity index (χ2v) is 6.31. The molecule has 0 fully saturated rings. The molecule has 0 bridgehead atoms. The lowest BCUT2D eigenvalue weighted by molar-refractivity contribution is 0.561. The number of pyridine rings is 1. The second-order valence-electron chi connectivity index (χ2n) is 5.87. The van der Waals surface area contributed by atoms with Crippen LogP contribution in [0.4, 0.5) is 0 Å². The Morgan fingerprint density at radius 3 is 2.76 bits per heavy atom. The van der Waals surface area contributed by atoms with E-state index in [1.54, 1.807) is 24.4 Å². The monoisotopic (exact) mass is 346 g/mol. The molecule has 0 aliphatic carbocycles. The number of aromatic nitrogens is 2. The fraction of sp³-hybridized carbons (Fsp3) is 0. The number of fused-ring (bicyclic) bond motifs is 4. The van der Waals surface area contributed by atoms with Gasteiger partial charge in [-0.1, -0.05) is 29.8 Å². The van der Waals surface area contributed by atoms with Gasteiger partial charge in [-0.3, -0.25) is 4.98 Å². The molecule has 4 nitrogen and oxygen atoms in total. The van der Waals surface area contributed by atoms with E-state index in [1.807, 2.05) is 24.3 Å². The van der Waals surface area contributed by atoms with Crippen LogP contribution in [0.3, 0.4) is 0 Å². The number of aromatic amines is 1. The molecular weight excluding hydrogens is 336 g/mol. The van der Waals surface area contributed by atoms with Crippen LogP contribution in [0.15, 0.2) is 70.0 Å². The summed E-state index contributed by atoms with van der Waals surface area (Å²) in [5.41, 5.74) is 3.38. The summed E-state index contributed by atoms with van der Waals surface area (Å²) in [6.07, 6.45) is 1.75. The van der Waals surface area contributed by atoms with E-state index < -0.39 is 5.63 Å². The van der Waals surface area contributed by atoms with Gasteiger partial charge in [0.25, 0.3) is 0 Å². The highest BCUT2D eigenvalue weighted by molar-refractivity contribution is 6.31. The Bertz CT molecular complexity index is 1330. The van der Waals surface area contributed by atoms with Crippen molar-refractivity contribution in [1.29, 1.82) is 0 Å². The molecule has 0 saturated heterocycles. The molecule has 0 aliphatic rings. The van der Waals surface area contributed by atoms with Crippen LogP contribution >= 0.6 is 11.6 Å². The van der Waals surface area contributed by atoms with Crippen molar-refractivity contribution in [2.45, 2.75) is 0 Å². The SMILES string of the molecule is O=c1cc(-c2nccc3c2[nH]c2ccccc23)c2cc(Cl)ccc2o1. The maximum Gasteiger partial charge on any atom is 0.336 e. The number of rotatable bonds is 1. The van der Waals surface area contributed by atoms with Gasteiger partial charge in [-0.15, -0.1) is 0 Å². The highest BCUT2D eigenvalue weighted by Gasteiger charge is 2.15. The molecule has 5 heteroatoms. The summed E-state index contributed by atoms with van der Waals surface area (Å²) in [6, 6.07) is 16.7. The molecular formula is C20H11ClN2O2. The van der Waals surface area contributed by atoms with E-state index in [4.69, 9.17) is 16.0 Å². The lowest BCUT2D eigenvalue weighted by Gasteiger charge is -2.06. The zero-order valence-electron chi connectivity index (χ0n) is 12.9. The molecule has 5 aromatic rings. The van der Waals surface area contributed by atoms with E-state index in [0.29, 0.717) is 21.9 Å². The quantitative estimate of drug-likeness (QED) is 0.427. The molecule has 0 unspecified atom stereocenters. The van der Waals surface area contributed by atoms with Gasteiger partial charge in [0.05, 0.1) is 11.2 Å². The highest BCUT2D eigenvalue weighted by atomic mass is 35.5. The minimum absolute atomic E-state index is 0.417. The van der Waals surface area contributed by atoms with Crippen LogP contribution in [0.25, 0.3) is 44.0 Å². The standard InChI is InChI=1S/C20H11ClN2O2/c21-11-5-6-17-14(9-11)15(10-18(24)25-17)19-20-13(7-8-22-19)12-3-1-2-4-16(12)23-20/h1-10,23H. The molecule has 5 rings (SSSR count). The Balaban J connectivity index is 1.95. The van der Waals surface area contributed by atoms with Crippen LogP contribution in [0, 0.1) is 0 Å². The Hall–Kier alpha value is -3.11. The molecule has 3 aromatic heterocycles. The van der Waals surface area contributed by atoms with Crippen molar-refractivity contribution >= 4 is 44.4 Å². The van der Waals surface area contributed by atoms with Crippen LogP contribution < -0.4 is 5.63 Å². The molecule has 0 radical (unpaired) electrons. The number of nitrogens with one attached hydrogen (secondary N) is 1. The fourth-order valence-corrected chi connectivity index (χ4v) is 3.48. The maximum atomic E-state index is 12.0. The van der Waals surface area contributed by atoms with Gasteiger partial charge in [-0.05, 0) is 30.3 Å². The molecule has 0 aliphatic heterocycles. The third kappa shape index (κ3) is 2.15. The van der Waals surface area contributed by atoms with Crippen LogP contribution in [0.1, 0.15) is 0 Å². The van der Waals surface area contributed by atoms with Crippen LogP contribution in [-0.4, -0.2) is 9.97 Å². The van der Waals surface area contributed by atoms with Gasteiger partial charge >= 0.3 is 5.63 Å². The minimum atomic E-state index is -0.417. The topological polar surface area (TPSA) is 58.9 Å². The highest BCUT2D eigenvalue weighted by Crippen LogP contribution is 2.34. The number of nitrogens with zero attached hydrogens (tertiary/aromatic N) is 1. The zero-order valence-corrected chi connectivity index (χ0v) is 13.7. The van der Waals surface area contributed by atoms with E-state index >= 15 is 0 Å². The first-order valence-corrected chi connectivity index (χ1v) is 8.18. The number of para-hydroxylation sites is 1. The van der Waals surface area contributed by atoms with Gasteiger partial charge < -0.3 is 9.40 Å². The largest absolute Gasteiger partial charge is 0.423 e. The van der Waals surface area contributed by atoms with Crippen molar-refractivity contribution in [2.75, 3.05) is 0 Å². The number of hydrogen-bond donors (Lipinski definition) is 1. The normalized spacial score (nSPS) is 11.6. The van der Waals surface area contributed by atoms with Gasteiger partial charge in [-0.2, -0.15) is 0 Å². The summed E-state index contributed by atoms with van der Waals surface area (Å²) >= 11 is 6.15. The first kappa shape index (κ1) is 14.3. The third-order valence-electron chi connectivity index (χ3n) is 4.39. The smallest absolute Gasteiger partial charge is 0.336 e. The Morgan fingerprint density at radius 2 is 1.84 bits per heavy atom. The predicted molar refractivity (Wildman–Crippen MR) is 100 cm³/mol. The third-order valence-corrected chi connectivity index (χ3v) is 4.62. The van der Waals surface area contributed by atoms with Gasteiger partial charge in [0.1, 0.15) is 5.58 Å². The van der Waals surface area contributed by atoms with Crippen LogP contribution in [0.5, 0.6) is 0 Å². The second kappa shape index (κ2) is 5.19. The van der Waals surface area contributed by atoms with Crippen molar-refractivity contribution < 1.29 is 4.42 Å². The lowest BCUT2D eigenvalue weighted by atomic mass is 10.0. The number of halogens is 1. The van der Waals surface area contributed by atoms with Gasteiger partial charge in [0.2, 0.25) is 0 Å². The van der Waals surface area contributed by atoms with Crippen molar-refractivity contribution in [2.24, 2.45) is 0 Å². The summed E-state index contributed by atoms with van der Waals surface area (Å²) in [6.45, 7) is 0. The van der Waals surface area contributed by atoms with E-state index in [-0.39, 0.29) is 0 Å². The molecule has 0 amide bonds. The van der Waals surface area contributed by atoms with Gasteiger partial charge in [0.15, 0.2) is 0 Å². The number of H-pyrrole nitrogens is 1. The lowest BCUT2D eigenvalue weighted by Crippen LogP contribution is -1.99. The number of hydrogen-bond acceptors (Lipinski definition) is 3. The molecule has 1 N–H and O–H groups in total. The summed E-state index contributed by atoms with van der Waals surface area (Å²) in [7, 11) is 0. The summed E-state index contributed by atoms with van der Waals surface area (Å²) in [4.78, 5) is 20.0. The Labute approximate surface area is 146 Å². The first-order chi connectivity index (χ1) is 12.2. The predicted octanol–water partition coefficient (Wildman–Crippen LogP) is 5.14. The van der Waals surface area contributed by atoms with Crippen molar-refractivity contribution in [1.82, 2.24) is 9.97 Å². The molecule has 2 aromatic carbocycles. The van der Waals surface area contributed by atoms with E-state index in [9.17, 15) is 4.79 Å². The summed E-state index contributed by atoms with van der Waals surface area (Å²) in [5.74, 6) is 0. The Morgan fingerprint density at radius 1 is 0.960 bits per heavy atom. The molecule has 25 heavy (non-hydrogen) atoms. The molecule has 0 spiro atoms.